The van der Waals surface area contributed by atoms with Crippen molar-refractivity contribution in [2.45, 2.75) is 37.3 Å². The largest absolute Gasteiger partial charge is 0.332 e. The number of hydrogen-bond donors (Lipinski definition) is 2. The third kappa shape index (κ3) is 3.09. The van der Waals surface area contributed by atoms with Gasteiger partial charge in [0.1, 0.15) is 5.82 Å². The third-order valence-electron chi connectivity index (χ3n) is 3.18. The summed E-state index contributed by atoms with van der Waals surface area (Å²) in [4.78, 5) is 8.99. The van der Waals surface area contributed by atoms with Gasteiger partial charge < -0.3 is 9.88 Å². The van der Waals surface area contributed by atoms with E-state index in [1.54, 1.807) is 0 Å². The van der Waals surface area contributed by atoms with Crippen molar-refractivity contribution in [3.05, 3.63) is 12.0 Å². The van der Waals surface area contributed by atoms with Crippen LogP contribution in [0, 0.1) is 0 Å². The molecular weight excluding hydrogens is 252 g/mol. The van der Waals surface area contributed by atoms with Gasteiger partial charge in [-0.15, -0.1) is 0 Å². The van der Waals surface area contributed by atoms with Gasteiger partial charge in [-0.3, -0.25) is 0 Å². The van der Waals surface area contributed by atoms with Crippen LogP contribution in [0.1, 0.15) is 25.6 Å². The molecule has 7 heteroatoms. The van der Waals surface area contributed by atoms with E-state index in [4.69, 9.17) is 0 Å². The van der Waals surface area contributed by atoms with Crippen molar-refractivity contribution in [3.63, 3.8) is 0 Å². The first-order valence-corrected chi connectivity index (χ1v) is 7.74. The Kier molecular flexibility index (Phi) is 4.04. The molecule has 0 aromatic carbocycles. The van der Waals surface area contributed by atoms with Crippen LogP contribution in [0.5, 0.6) is 0 Å². The monoisotopic (exact) mass is 272 g/mol. The number of nitrogens with one attached hydrogen (secondary N) is 2. The van der Waals surface area contributed by atoms with E-state index in [9.17, 15) is 8.42 Å². The van der Waals surface area contributed by atoms with Crippen molar-refractivity contribution in [1.29, 1.82) is 0 Å². The highest BCUT2D eigenvalue weighted by molar-refractivity contribution is 7.89. The molecule has 1 aromatic heterocycles. The maximum Gasteiger partial charge on any atom is 0.257 e. The maximum absolute atomic E-state index is 12.1. The molecule has 2 N–H and O–H groups in total. The molecule has 0 aliphatic carbocycles. The minimum atomic E-state index is -3.47. The first-order valence-electron chi connectivity index (χ1n) is 6.26. The van der Waals surface area contributed by atoms with Crippen molar-refractivity contribution in [2.24, 2.45) is 0 Å². The maximum atomic E-state index is 12.1. The Morgan fingerprint density at radius 1 is 1.61 bits per heavy atom. The van der Waals surface area contributed by atoms with Gasteiger partial charge in [0.2, 0.25) is 0 Å². The molecule has 1 saturated heterocycles. The highest BCUT2D eigenvalue weighted by atomic mass is 32.2. The van der Waals surface area contributed by atoms with Gasteiger partial charge >= 0.3 is 0 Å². The summed E-state index contributed by atoms with van der Waals surface area (Å²) in [6.45, 7) is 3.72. The quantitative estimate of drug-likeness (QED) is 0.829. The van der Waals surface area contributed by atoms with E-state index in [1.165, 1.54) is 6.20 Å². The number of likely N-dealkylation sites (tertiary alicyclic amines) is 1. The van der Waals surface area contributed by atoms with E-state index in [0.29, 0.717) is 12.2 Å². The Morgan fingerprint density at radius 3 is 3.00 bits per heavy atom. The molecule has 1 aliphatic heterocycles. The Bertz CT molecular complexity index is 497. The number of rotatable bonds is 4. The number of hydrogen-bond acceptors (Lipinski definition) is 4. The van der Waals surface area contributed by atoms with Gasteiger partial charge in [-0.1, -0.05) is 6.92 Å². The fourth-order valence-corrected chi connectivity index (χ4v) is 3.41. The van der Waals surface area contributed by atoms with Crippen molar-refractivity contribution >= 4 is 10.0 Å². The summed E-state index contributed by atoms with van der Waals surface area (Å²) in [6, 6.07) is -0.0119. The van der Waals surface area contributed by atoms with Crippen LogP contribution in [-0.4, -0.2) is 49.5 Å². The molecule has 2 heterocycles. The van der Waals surface area contributed by atoms with Gasteiger partial charge in [-0.05, 0) is 26.4 Å². The van der Waals surface area contributed by atoms with Crippen LogP contribution < -0.4 is 4.72 Å². The number of imidazole rings is 1. The average Bonchev–Trinajstić information content (AvgIpc) is 2.77. The summed E-state index contributed by atoms with van der Waals surface area (Å²) < 4.78 is 27.0. The fraction of sp³-hybridized carbons (Fsp3) is 0.727. The highest BCUT2D eigenvalue weighted by Crippen LogP contribution is 2.12. The molecule has 1 atom stereocenters. The second kappa shape index (κ2) is 5.38. The van der Waals surface area contributed by atoms with Crippen LogP contribution in [0.3, 0.4) is 0 Å². The zero-order valence-corrected chi connectivity index (χ0v) is 11.6. The molecule has 2 rings (SSSR count). The smallest absolute Gasteiger partial charge is 0.257 e. The topological polar surface area (TPSA) is 78.1 Å². The lowest BCUT2D eigenvalue weighted by molar-refractivity contribution is 0.242. The molecule has 0 bridgehead atoms. The zero-order valence-electron chi connectivity index (χ0n) is 10.8. The van der Waals surface area contributed by atoms with Gasteiger partial charge in [0.15, 0.2) is 5.03 Å². The number of piperidine rings is 1. The van der Waals surface area contributed by atoms with Crippen molar-refractivity contribution in [3.8, 4) is 0 Å². The minimum Gasteiger partial charge on any atom is -0.332 e. The van der Waals surface area contributed by atoms with E-state index in [0.717, 1.165) is 25.9 Å². The molecular formula is C11H20N4O2S. The summed E-state index contributed by atoms with van der Waals surface area (Å²) >= 11 is 0. The van der Waals surface area contributed by atoms with Crippen molar-refractivity contribution in [1.82, 2.24) is 19.6 Å². The van der Waals surface area contributed by atoms with Crippen molar-refractivity contribution < 1.29 is 8.42 Å². The van der Waals surface area contributed by atoms with E-state index in [2.05, 4.69) is 19.6 Å². The normalized spacial score (nSPS) is 22.2. The molecule has 102 valence electrons. The molecule has 1 unspecified atom stereocenters. The van der Waals surface area contributed by atoms with Crippen LogP contribution >= 0.6 is 0 Å². The number of nitrogens with zero attached hydrogens (tertiary/aromatic N) is 2. The zero-order chi connectivity index (χ0) is 13.2. The van der Waals surface area contributed by atoms with E-state index >= 15 is 0 Å². The lowest BCUT2D eigenvalue weighted by Crippen LogP contribution is -2.46. The van der Waals surface area contributed by atoms with Gasteiger partial charge in [0, 0.05) is 19.0 Å². The Hall–Kier alpha value is -0.920. The first-order chi connectivity index (χ1) is 8.51. The lowest BCUT2D eigenvalue weighted by atomic mass is 10.1. The summed E-state index contributed by atoms with van der Waals surface area (Å²) in [6.07, 6.45) is 3.99. The van der Waals surface area contributed by atoms with Crippen LogP contribution in [0.2, 0.25) is 0 Å². The SMILES string of the molecule is CCc1ncc(S(=O)(=O)NC2CCCN(C)C2)[nH]1. The molecule has 0 radical (unpaired) electrons. The number of H-pyrrole nitrogens is 1. The lowest BCUT2D eigenvalue weighted by Gasteiger charge is -2.29. The van der Waals surface area contributed by atoms with Crippen LogP contribution in [0.25, 0.3) is 0 Å². The molecule has 0 amide bonds. The first kappa shape index (κ1) is 13.5. The van der Waals surface area contributed by atoms with Gasteiger partial charge in [0.05, 0.1) is 6.20 Å². The summed E-state index contributed by atoms with van der Waals surface area (Å²) in [5, 5.41) is 0.160. The number of aromatic nitrogens is 2. The van der Waals surface area contributed by atoms with Gasteiger partial charge in [-0.25, -0.2) is 18.1 Å². The second-order valence-electron chi connectivity index (χ2n) is 4.77. The van der Waals surface area contributed by atoms with Crippen LogP contribution in [-0.2, 0) is 16.4 Å². The van der Waals surface area contributed by atoms with Crippen LogP contribution in [0.15, 0.2) is 11.2 Å². The van der Waals surface area contributed by atoms with Gasteiger partial charge in [0.25, 0.3) is 10.0 Å². The van der Waals surface area contributed by atoms with E-state index in [1.807, 2.05) is 14.0 Å². The van der Waals surface area contributed by atoms with Crippen molar-refractivity contribution in [2.75, 3.05) is 20.1 Å². The molecule has 1 aliphatic rings. The molecule has 1 fully saturated rings. The number of aryl methyl sites for hydroxylation is 1. The highest BCUT2D eigenvalue weighted by Gasteiger charge is 2.24. The molecule has 0 spiro atoms. The molecule has 18 heavy (non-hydrogen) atoms. The molecule has 0 saturated carbocycles. The fourth-order valence-electron chi connectivity index (χ4n) is 2.21. The Labute approximate surface area is 108 Å². The molecule has 6 nitrogen and oxygen atoms in total. The van der Waals surface area contributed by atoms with E-state index in [-0.39, 0.29) is 11.1 Å². The predicted octanol–water partition coefficient (Wildman–Crippen LogP) is 0.345. The minimum absolute atomic E-state index is 0.0119. The summed E-state index contributed by atoms with van der Waals surface area (Å²) in [5.41, 5.74) is 0. The number of likely N-dealkylation sites (N-methyl/N-ethyl adjacent to an activating group) is 1. The number of aromatic amines is 1. The Morgan fingerprint density at radius 2 is 2.39 bits per heavy atom. The second-order valence-corrected chi connectivity index (χ2v) is 6.45. The average molecular weight is 272 g/mol. The summed E-state index contributed by atoms with van der Waals surface area (Å²) in [5.74, 6) is 0.691. The molecule has 1 aromatic rings. The third-order valence-corrected chi connectivity index (χ3v) is 4.61. The van der Waals surface area contributed by atoms with Gasteiger partial charge in [-0.2, -0.15) is 0 Å². The van der Waals surface area contributed by atoms with E-state index < -0.39 is 10.0 Å². The van der Waals surface area contributed by atoms with Crippen LogP contribution in [0.4, 0.5) is 0 Å². The predicted molar refractivity (Wildman–Crippen MR) is 68.8 cm³/mol. The summed E-state index contributed by atoms with van der Waals surface area (Å²) in [7, 11) is -1.46. The standard InChI is InChI=1S/C11H20N4O2S/c1-3-10-12-7-11(13-10)18(16,17)14-9-5-4-6-15(2)8-9/h7,9,14H,3-6,8H2,1-2H3,(H,12,13). The Balaban J connectivity index is 2.06. The number of sulfonamides is 1.